The summed E-state index contributed by atoms with van der Waals surface area (Å²) in [6.07, 6.45) is 4.99. The Morgan fingerprint density at radius 2 is 1.93 bits per heavy atom. The van der Waals surface area contributed by atoms with Gasteiger partial charge in [-0.15, -0.1) is 0 Å². The predicted molar refractivity (Wildman–Crippen MR) is 111 cm³/mol. The highest BCUT2D eigenvalue weighted by Crippen LogP contribution is 2.33. The number of hydrogen-bond acceptors (Lipinski definition) is 4. The van der Waals surface area contributed by atoms with E-state index in [1.807, 2.05) is 0 Å². The zero-order chi connectivity index (χ0) is 19.8. The van der Waals surface area contributed by atoms with Crippen LogP contribution in [0.4, 0.5) is 0 Å². The van der Waals surface area contributed by atoms with Gasteiger partial charge >= 0.3 is 5.97 Å². The molecule has 2 aromatic rings. The van der Waals surface area contributed by atoms with Gasteiger partial charge < -0.3 is 9.47 Å². The van der Waals surface area contributed by atoms with Crippen LogP contribution in [-0.4, -0.2) is 18.9 Å². The van der Waals surface area contributed by atoms with E-state index in [4.69, 9.17) is 32.7 Å². The predicted octanol–water partition coefficient (Wildman–Crippen LogP) is 6.75. The minimum atomic E-state index is -0.641. The maximum absolute atomic E-state index is 12.4. The van der Waals surface area contributed by atoms with Gasteiger partial charge in [0.15, 0.2) is 12.0 Å². The summed E-state index contributed by atoms with van der Waals surface area (Å²) in [5, 5.41) is 0.370. The van der Waals surface area contributed by atoms with Crippen molar-refractivity contribution in [3.8, 4) is 11.5 Å². The van der Waals surface area contributed by atoms with Gasteiger partial charge in [0, 0.05) is 5.02 Å². The quantitative estimate of drug-likeness (QED) is 0.175. The third-order valence-electron chi connectivity index (χ3n) is 3.78. The first-order valence-electron chi connectivity index (χ1n) is 8.55. The maximum Gasteiger partial charge on any atom is 0.343 e. The molecule has 27 heavy (non-hydrogen) atoms. The van der Waals surface area contributed by atoms with Crippen molar-refractivity contribution >= 4 is 51.4 Å². The van der Waals surface area contributed by atoms with E-state index >= 15 is 0 Å². The Kier molecular flexibility index (Phi) is 8.61. The van der Waals surface area contributed by atoms with Gasteiger partial charge in [0.1, 0.15) is 5.75 Å². The molecule has 2 aromatic carbocycles. The van der Waals surface area contributed by atoms with Crippen molar-refractivity contribution in [2.24, 2.45) is 0 Å². The lowest BCUT2D eigenvalue weighted by Gasteiger charge is -2.11. The number of unbranched alkanes of at least 4 members (excludes halogenated alkanes) is 3. The molecule has 0 N–H and O–H groups in total. The largest absolute Gasteiger partial charge is 0.492 e. The minimum Gasteiger partial charge on any atom is -0.492 e. The number of aldehydes is 1. The van der Waals surface area contributed by atoms with Gasteiger partial charge in [0.05, 0.1) is 27.2 Å². The van der Waals surface area contributed by atoms with Crippen LogP contribution in [0.5, 0.6) is 11.5 Å². The van der Waals surface area contributed by atoms with Crippen LogP contribution >= 0.6 is 39.1 Å². The van der Waals surface area contributed by atoms with Gasteiger partial charge in [-0.2, -0.15) is 0 Å². The maximum atomic E-state index is 12.4. The van der Waals surface area contributed by atoms with E-state index in [-0.39, 0.29) is 21.4 Å². The molecular formula is C20H19BrCl2O4. The Balaban J connectivity index is 2.07. The number of halogens is 3. The molecule has 0 saturated carbocycles. The molecule has 0 radical (unpaired) electrons. The van der Waals surface area contributed by atoms with E-state index < -0.39 is 5.97 Å². The first kappa shape index (κ1) is 21.7. The van der Waals surface area contributed by atoms with Crippen molar-refractivity contribution < 1.29 is 19.1 Å². The lowest BCUT2D eigenvalue weighted by atomic mass is 10.2. The van der Waals surface area contributed by atoms with Crippen LogP contribution in [0.1, 0.15) is 53.3 Å². The Morgan fingerprint density at radius 1 is 1.15 bits per heavy atom. The molecular weight excluding hydrogens is 455 g/mol. The Hall–Kier alpha value is -1.56. The standard InChI is InChI=1S/C20H19BrCl2O4/c1-2-3-4-5-8-26-18-7-6-13(10-16(18)21)20(25)27-19-14(12-24)9-15(22)11-17(19)23/h6-7,9-12H,2-5,8H2,1H3. The van der Waals surface area contributed by atoms with Gasteiger partial charge in [-0.1, -0.05) is 49.4 Å². The highest BCUT2D eigenvalue weighted by Gasteiger charge is 2.17. The second-order valence-corrected chi connectivity index (χ2v) is 7.57. The molecule has 0 bridgehead atoms. The van der Waals surface area contributed by atoms with Crippen molar-refractivity contribution in [2.75, 3.05) is 6.61 Å². The van der Waals surface area contributed by atoms with Crippen LogP contribution in [0.25, 0.3) is 0 Å². The highest BCUT2D eigenvalue weighted by atomic mass is 79.9. The van der Waals surface area contributed by atoms with Crippen LogP contribution < -0.4 is 9.47 Å². The van der Waals surface area contributed by atoms with Crippen LogP contribution in [0.2, 0.25) is 10.0 Å². The number of carbonyl (C=O) groups excluding carboxylic acids is 2. The number of hydrogen-bond donors (Lipinski definition) is 0. The molecule has 0 fully saturated rings. The molecule has 0 spiro atoms. The van der Waals surface area contributed by atoms with Crippen molar-refractivity contribution in [2.45, 2.75) is 32.6 Å². The van der Waals surface area contributed by atoms with Crippen molar-refractivity contribution in [3.63, 3.8) is 0 Å². The number of rotatable bonds is 9. The summed E-state index contributed by atoms with van der Waals surface area (Å²) in [7, 11) is 0. The van der Waals surface area contributed by atoms with Crippen LogP contribution in [-0.2, 0) is 0 Å². The number of carbonyl (C=O) groups is 2. The summed E-state index contributed by atoms with van der Waals surface area (Å²) >= 11 is 15.3. The smallest absolute Gasteiger partial charge is 0.343 e. The van der Waals surface area contributed by atoms with Gasteiger partial charge in [0.2, 0.25) is 0 Å². The SMILES string of the molecule is CCCCCCOc1ccc(C(=O)Oc2c(Cl)cc(Cl)cc2C=O)cc1Br. The molecule has 144 valence electrons. The summed E-state index contributed by atoms with van der Waals surface area (Å²) in [5.74, 6) is -0.00730. The molecule has 0 aliphatic rings. The highest BCUT2D eigenvalue weighted by molar-refractivity contribution is 9.10. The molecule has 7 heteroatoms. The van der Waals surface area contributed by atoms with E-state index in [2.05, 4.69) is 22.9 Å². The second kappa shape index (κ2) is 10.7. The summed E-state index contributed by atoms with van der Waals surface area (Å²) in [6, 6.07) is 7.69. The third kappa shape index (κ3) is 6.23. The summed E-state index contributed by atoms with van der Waals surface area (Å²) < 4.78 is 11.7. The normalized spacial score (nSPS) is 10.5. The molecule has 2 rings (SSSR count). The van der Waals surface area contributed by atoms with Gasteiger partial charge in [-0.25, -0.2) is 4.79 Å². The Labute approximate surface area is 176 Å². The van der Waals surface area contributed by atoms with Crippen molar-refractivity contribution in [1.82, 2.24) is 0 Å². The van der Waals surface area contributed by atoms with Crippen molar-refractivity contribution in [1.29, 1.82) is 0 Å². The average Bonchev–Trinajstić information content (AvgIpc) is 2.64. The first-order valence-corrected chi connectivity index (χ1v) is 10.1. The molecule has 0 heterocycles. The number of benzene rings is 2. The topological polar surface area (TPSA) is 52.6 Å². The van der Waals surface area contributed by atoms with Gasteiger partial charge in [-0.3, -0.25) is 4.79 Å². The van der Waals surface area contributed by atoms with Crippen LogP contribution in [0.15, 0.2) is 34.8 Å². The number of ether oxygens (including phenoxy) is 2. The summed E-state index contributed by atoms with van der Waals surface area (Å²) in [5.41, 5.74) is 0.398. The fourth-order valence-electron chi connectivity index (χ4n) is 2.38. The fourth-order valence-corrected chi connectivity index (χ4v) is 3.42. The van der Waals surface area contributed by atoms with E-state index in [0.717, 1.165) is 12.8 Å². The van der Waals surface area contributed by atoms with Gasteiger partial charge in [0.25, 0.3) is 0 Å². The molecule has 4 nitrogen and oxygen atoms in total. The van der Waals surface area contributed by atoms with E-state index in [0.29, 0.717) is 28.7 Å². The number of esters is 1. The minimum absolute atomic E-state index is 0.0200. The molecule has 0 atom stereocenters. The lowest BCUT2D eigenvalue weighted by Crippen LogP contribution is -2.10. The molecule has 0 aliphatic carbocycles. The zero-order valence-corrected chi connectivity index (χ0v) is 17.9. The molecule has 0 saturated heterocycles. The first-order chi connectivity index (χ1) is 13.0. The van der Waals surface area contributed by atoms with E-state index in [9.17, 15) is 9.59 Å². The van der Waals surface area contributed by atoms with Crippen molar-refractivity contribution in [3.05, 3.63) is 56.0 Å². The summed E-state index contributed by atoms with van der Waals surface area (Å²) in [4.78, 5) is 23.6. The third-order valence-corrected chi connectivity index (χ3v) is 4.90. The second-order valence-electron chi connectivity index (χ2n) is 5.87. The van der Waals surface area contributed by atoms with Gasteiger partial charge in [-0.05, 0) is 52.7 Å². The van der Waals surface area contributed by atoms with Crippen LogP contribution in [0.3, 0.4) is 0 Å². The lowest BCUT2D eigenvalue weighted by molar-refractivity contribution is 0.0733. The van der Waals surface area contributed by atoms with Crippen LogP contribution in [0, 0.1) is 0 Å². The Bertz CT molecular complexity index is 824. The Morgan fingerprint density at radius 3 is 2.59 bits per heavy atom. The van der Waals surface area contributed by atoms with E-state index in [1.165, 1.54) is 25.0 Å². The van der Waals surface area contributed by atoms with E-state index in [1.54, 1.807) is 18.2 Å². The molecule has 0 amide bonds. The molecule has 0 aromatic heterocycles. The molecule has 0 unspecified atom stereocenters. The fraction of sp³-hybridized carbons (Fsp3) is 0.300. The zero-order valence-electron chi connectivity index (χ0n) is 14.8. The average molecular weight is 474 g/mol. The summed E-state index contributed by atoms with van der Waals surface area (Å²) in [6.45, 7) is 2.77. The molecule has 0 aliphatic heterocycles. The monoisotopic (exact) mass is 472 g/mol.